The third kappa shape index (κ3) is 5.51. The molecule has 1 aromatic heterocycles. The number of aryl methyl sites for hydroxylation is 3. The maximum atomic E-state index is 11.4. The van der Waals surface area contributed by atoms with Gasteiger partial charge in [0, 0.05) is 16.9 Å². The van der Waals surface area contributed by atoms with Crippen LogP contribution in [0.1, 0.15) is 30.0 Å². The van der Waals surface area contributed by atoms with Gasteiger partial charge in [-0.3, -0.25) is 4.79 Å². The van der Waals surface area contributed by atoms with Crippen LogP contribution in [-0.2, 0) is 17.6 Å². The Bertz CT molecular complexity index is 1050. The Morgan fingerprint density at radius 3 is 2.55 bits per heavy atom. The molecule has 0 saturated heterocycles. The first-order valence-corrected chi connectivity index (χ1v) is 11.3. The fourth-order valence-corrected chi connectivity index (χ4v) is 4.61. The Hall–Kier alpha value is -1.60. The number of aromatic nitrogens is 2. The van der Waals surface area contributed by atoms with Crippen molar-refractivity contribution in [2.45, 2.75) is 43.3 Å². The summed E-state index contributed by atoms with van der Waals surface area (Å²) in [5.41, 5.74) is 3.11. The highest BCUT2D eigenvalue weighted by molar-refractivity contribution is 8.01. The molecule has 3 rings (SSSR count). The first-order valence-electron chi connectivity index (χ1n) is 8.95. The summed E-state index contributed by atoms with van der Waals surface area (Å²) in [6.45, 7) is 5.44. The van der Waals surface area contributed by atoms with Gasteiger partial charge in [0.1, 0.15) is 9.75 Å². The van der Waals surface area contributed by atoms with Crippen LogP contribution >= 0.6 is 46.5 Å². The molecule has 3 aromatic rings. The van der Waals surface area contributed by atoms with Crippen molar-refractivity contribution in [2.75, 3.05) is 0 Å². The van der Waals surface area contributed by atoms with E-state index in [0.717, 1.165) is 33.9 Å². The predicted molar refractivity (Wildman–Crippen MR) is 122 cm³/mol. The van der Waals surface area contributed by atoms with Crippen molar-refractivity contribution in [2.24, 2.45) is 0 Å². The number of benzene rings is 2. The lowest BCUT2D eigenvalue weighted by atomic mass is 10.1. The van der Waals surface area contributed by atoms with E-state index in [4.69, 9.17) is 23.2 Å². The number of halogens is 2. The highest BCUT2D eigenvalue weighted by atomic mass is 35.5. The number of carbonyl (C=O) groups is 1. The lowest BCUT2D eigenvalue weighted by Crippen LogP contribution is -2.27. The molecule has 0 amide bonds. The van der Waals surface area contributed by atoms with Crippen molar-refractivity contribution in [3.05, 3.63) is 62.6 Å². The Labute approximate surface area is 188 Å². The average Bonchev–Trinajstić information content (AvgIpc) is 3.13. The van der Waals surface area contributed by atoms with Crippen molar-refractivity contribution in [1.82, 2.24) is 9.36 Å². The van der Waals surface area contributed by atoms with Crippen LogP contribution in [0.3, 0.4) is 0 Å². The lowest BCUT2D eigenvalue weighted by molar-refractivity contribution is -0.138. The maximum Gasteiger partial charge on any atom is 0.319 e. The SMILES string of the molecule is Cc1cc(CCc2nc(-c3ccc(Cl)c(Cl)c3)ns2)ccc1SC(C)(C)C(=O)O. The van der Waals surface area contributed by atoms with Crippen LogP contribution in [0.2, 0.25) is 10.0 Å². The minimum atomic E-state index is -0.861. The van der Waals surface area contributed by atoms with Gasteiger partial charge in [-0.1, -0.05) is 35.3 Å². The molecule has 0 aliphatic heterocycles. The van der Waals surface area contributed by atoms with Crippen molar-refractivity contribution >= 4 is 52.5 Å². The molecule has 0 atom stereocenters. The quantitative estimate of drug-likeness (QED) is 0.399. The van der Waals surface area contributed by atoms with Gasteiger partial charge >= 0.3 is 5.97 Å². The maximum absolute atomic E-state index is 11.4. The number of thioether (sulfide) groups is 1. The van der Waals surface area contributed by atoms with Gasteiger partial charge in [-0.25, -0.2) is 4.98 Å². The molecular weight excluding hydrogens is 447 g/mol. The van der Waals surface area contributed by atoms with E-state index < -0.39 is 10.7 Å². The molecule has 29 heavy (non-hydrogen) atoms. The molecule has 0 aliphatic carbocycles. The highest BCUT2D eigenvalue weighted by Crippen LogP contribution is 2.35. The van der Waals surface area contributed by atoms with Gasteiger partial charge in [0.15, 0.2) is 5.82 Å². The average molecular weight is 467 g/mol. The van der Waals surface area contributed by atoms with Gasteiger partial charge < -0.3 is 5.11 Å². The molecule has 0 bridgehead atoms. The second-order valence-corrected chi connectivity index (χ2v) is 10.5. The molecule has 0 fully saturated rings. The largest absolute Gasteiger partial charge is 0.480 e. The van der Waals surface area contributed by atoms with E-state index in [1.165, 1.54) is 28.9 Å². The Balaban J connectivity index is 1.66. The third-order valence-electron chi connectivity index (χ3n) is 4.39. The smallest absolute Gasteiger partial charge is 0.319 e. The molecule has 8 heteroatoms. The first kappa shape index (κ1) is 22.1. The van der Waals surface area contributed by atoms with E-state index in [9.17, 15) is 9.90 Å². The molecule has 4 nitrogen and oxygen atoms in total. The molecular formula is C21H20Cl2N2O2S2. The lowest BCUT2D eigenvalue weighted by Gasteiger charge is -2.20. The van der Waals surface area contributed by atoms with Crippen LogP contribution in [0, 0.1) is 6.92 Å². The van der Waals surface area contributed by atoms with Crippen LogP contribution in [0.25, 0.3) is 11.4 Å². The molecule has 1 heterocycles. The van der Waals surface area contributed by atoms with E-state index in [0.29, 0.717) is 15.9 Å². The summed E-state index contributed by atoms with van der Waals surface area (Å²) < 4.78 is 3.57. The van der Waals surface area contributed by atoms with Crippen molar-refractivity contribution < 1.29 is 9.90 Å². The molecule has 0 radical (unpaired) electrons. The predicted octanol–water partition coefficient (Wildman–Crippen LogP) is 6.56. The van der Waals surface area contributed by atoms with E-state index in [2.05, 4.69) is 15.4 Å². The first-order chi connectivity index (χ1) is 13.7. The normalized spacial score (nSPS) is 11.6. The van der Waals surface area contributed by atoms with E-state index >= 15 is 0 Å². The van der Waals surface area contributed by atoms with Gasteiger partial charge in [0.05, 0.1) is 10.0 Å². The molecule has 152 valence electrons. The number of hydrogen-bond donors (Lipinski definition) is 1. The fraction of sp³-hybridized carbons (Fsp3) is 0.286. The summed E-state index contributed by atoms with van der Waals surface area (Å²) in [5, 5.41) is 11.3. The van der Waals surface area contributed by atoms with Gasteiger partial charge in [-0.15, -0.1) is 11.8 Å². The minimum absolute atomic E-state index is 0.486. The fourth-order valence-electron chi connectivity index (χ4n) is 2.66. The van der Waals surface area contributed by atoms with Gasteiger partial charge in [0.2, 0.25) is 0 Å². The molecule has 1 N–H and O–H groups in total. The van der Waals surface area contributed by atoms with Crippen molar-refractivity contribution in [3.63, 3.8) is 0 Å². The Kier molecular flexibility index (Phi) is 6.89. The topological polar surface area (TPSA) is 63.1 Å². The highest BCUT2D eigenvalue weighted by Gasteiger charge is 2.29. The summed E-state index contributed by atoms with van der Waals surface area (Å²) in [6, 6.07) is 11.5. The Morgan fingerprint density at radius 2 is 1.90 bits per heavy atom. The molecule has 0 unspecified atom stereocenters. The summed E-state index contributed by atoms with van der Waals surface area (Å²) in [5.74, 6) is -0.164. The van der Waals surface area contributed by atoms with Crippen molar-refractivity contribution in [3.8, 4) is 11.4 Å². The standard InChI is InChI=1S/C21H20Cl2N2O2S2/c1-12-10-13(4-8-17(12)28-21(2,3)20(26)27)5-9-18-24-19(25-29-18)14-6-7-15(22)16(23)11-14/h4,6-8,10-11H,5,9H2,1-3H3,(H,26,27). The number of rotatable bonds is 7. The second kappa shape index (κ2) is 9.04. The number of aliphatic carboxylic acids is 1. The monoisotopic (exact) mass is 466 g/mol. The zero-order valence-electron chi connectivity index (χ0n) is 16.2. The molecule has 2 aromatic carbocycles. The second-order valence-electron chi connectivity index (χ2n) is 7.16. The van der Waals surface area contributed by atoms with E-state index in [-0.39, 0.29) is 0 Å². The Morgan fingerprint density at radius 1 is 1.14 bits per heavy atom. The van der Waals surface area contributed by atoms with Crippen LogP contribution in [0.5, 0.6) is 0 Å². The van der Waals surface area contributed by atoms with Gasteiger partial charge in [0.25, 0.3) is 0 Å². The van der Waals surface area contributed by atoms with Crippen molar-refractivity contribution in [1.29, 1.82) is 0 Å². The minimum Gasteiger partial charge on any atom is -0.480 e. The number of hydrogen-bond acceptors (Lipinski definition) is 5. The number of carboxylic acid groups (broad SMARTS) is 1. The zero-order valence-corrected chi connectivity index (χ0v) is 19.3. The van der Waals surface area contributed by atoms with E-state index in [1.54, 1.807) is 26.0 Å². The van der Waals surface area contributed by atoms with Gasteiger partial charge in [-0.2, -0.15) is 4.37 Å². The summed E-state index contributed by atoms with van der Waals surface area (Å²) >= 11 is 14.8. The van der Waals surface area contributed by atoms with Crippen LogP contribution in [0.15, 0.2) is 41.3 Å². The molecule has 0 saturated carbocycles. The summed E-state index contributed by atoms with van der Waals surface area (Å²) in [6.07, 6.45) is 1.62. The summed E-state index contributed by atoms with van der Waals surface area (Å²) in [4.78, 5) is 17.0. The van der Waals surface area contributed by atoms with Crippen LogP contribution < -0.4 is 0 Å². The number of carboxylic acids is 1. The third-order valence-corrected chi connectivity index (χ3v) is 7.27. The molecule has 0 spiro atoms. The van der Waals surface area contributed by atoms with E-state index in [1.807, 2.05) is 25.1 Å². The zero-order chi connectivity index (χ0) is 21.2. The number of nitrogens with zero attached hydrogens (tertiary/aromatic N) is 2. The summed E-state index contributed by atoms with van der Waals surface area (Å²) in [7, 11) is 0. The van der Waals surface area contributed by atoms with Crippen LogP contribution in [0.4, 0.5) is 0 Å². The van der Waals surface area contributed by atoms with Gasteiger partial charge in [-0.05, 0) is 74.1 Å². The molecule has 0 aliphatic rings. The van der Waals surface area contributed by atoms with Crippen LogP contribution in [-0.4, -0.2) is 25.2 Å².